The molecular weight excluding hydrogens is 394 g/mol. The lowest BCUT2D eigenvalue weighted by Gasteiger charge is -2.01. The number of ether oxygens (including phenoxy) is 1. The second-order valence-electron chi connectivity index (χ2n) is 6.49. The third-order valence-electron chi connectivity index (χ3n) is 4.41. The molecule has 3 aromatic rings. The number of rotatable bonds is 4. The van der Waals surface area contributed by atoms with Crippen LogP contribution in [0.3, 0.4) is 0 Å². The van der Waals surface area contributed by atoms with Crippen molar-refractivity contribution in [3.05, 3.63) is 98.3 Å². The van der Waals surface area contributed by atoms with E-state index in [0.717, 1.165) is 11.1 Å². The Bertz CT molecular complexity index is 1190. The van der Waals surface area contributed by atoms with Crippen molar-refractivity contribution in [3.8, 4) is 11.3 Å². The number of hydrogen-bond acceptors (Lipinski definition) is 5. The van der Waals surface area contributed by atoms with Crippen LogP contribution in [-0.2, 0) is 9.53 Å². The Morgan fingerprint density at radius 2 is 1.76 bits per heavy atom. The van der Waals surface area contributed by atoms with Crippen LogP contribution >= 0.6 is 11.6 Å². The van der Waals surface area contributed by atoms with Crippen molar-refractivity contribution in [2.24, 2.45) is 0 Å². The van der Waals surface area contributed by atoms with Crippen LogP contribution in [-0.4, -0.2) is 10.9 Å². The molecule has 6 nitrogen and oxygen atoms in total. The molecule has 2 aromatic carbocycles. The number of benzene rings is 2. The number of furan rings is 1. The van der Waals surface area contributed by atoms with Crippen molar-refractivity contribution in [2.75, 3.05) is 0 Å². The van der Waals surface area contributed by atoms with Gasteiger partial charge in [0.1, 0.15) is 22.3 Å². The van der Waals surface area contributed by atoms with E-state index in [1.54, 1.807) is 30.4 Å². The Kier molecular flexibility index (Phi) is 4.78. The highest BCUT2D eigenvalue weighted by molar-refractivity contribution is 6.32. The van der Waals surface area contributed by atoms with E-state index in [1.165, 1.54) is 12.1 Å². The van der Waals surface area contributed by atoms with Crippen LogP contribution in [0.4, 0.5) is 5.69 Å². The van der Waals surface area contributed by atoms with Gasteiger partial charge in [0.15, 0.2) is 0 Å². The monoisotopic (exact) mass is 407 g/mol. The van der Waals surface area contributed by atoms with Crippen molar-refractivity contribution in [1.29, 1.82) is 0 Å². The normalized spacial score (nSPS) is 14.8. The first kappa shape index (κ1) is 18.7. The number of nitro benzene ring substituents is 1. The number of nitrogens with zero attached hydrogens (tertiary/aromatic N) is 1. The molecule has 0 aliphatic carbocycles. The molecule has 2 heterocycles. The third-order valence-corrected chi connectivity index (χ3v) is 4.73. The average molecular weight is 408 g/mol. The molecular formula is C22H14ClNO5. The Morgan fingerprint density at radius 3 is 2.48 bits per heavy atom. The fraction of sp³-hybridized carbons (Fsp3) is 0.0455. The molecule has 1 aliphatic rings. The van der Waals surface area contributed by atoms with Crippen LogP contribution in [0, 0.1) is 17.0 Å². The molecule has 0 amide bonds. The molecule has 1 aliphatic heterocycles. The first-order chi connectivity index (χ1) is 13.9. The molecule has 0 atom stereocenters. The van der Waals surface area contributed by atoms with Crippen molar-refractivity contribution < 1.29 is 18.9 Å². The van der Waals surface area contributed by atoms with Crippen LogP contribution in [0.2, 0.25) is 5.02 Å². The zero-order chi connectivity index (χ0) is 20.5. The fourth-order valence-electron chi connectivity index (χ4n) is 2.89. The Balaban J connectivity index is 1.62. The van der Waals surface area contributed by atoms with Crippen molar-refractivity contribution in [1.82, 2.24) is 0 Å². The van der Waals surface area contributed by atoms with E-state index in [-0.39, 0.29) is 10.7 Å². The summed E-state index contributed by atoms with van der Waals surface area (Å²) in [5.74, 6) is 0.846. The van der Waals surface area contributed by atoms with Gasteiger partial charge in [0.2, 0.25) is 0 Å². The molecule has 29 heavy (non-hydrogen) atoms. The van der Waals surface area contributed by atoms with Gasteiger partial charge in [0.05, 0.1) is 10.5 Å². The molecule has 4 rings (SSSR count). The van der Waals surface area contributed by atoms with Crippen molar-refractivity contribution in [2.45, 2.75) is 6.92 Å². The standard InChI is InChI=1S/C22H14ClNO5/c1-13-2-4-14(5-3-13)21-12-16(22(25)29-21)10-17-7-9-20(28-17)15-6-8-18(23)19(11-15)24(26)27/h2-12H,1H3/b16-10-. The van der Waals surface area contributed by atoms with Crippen molar-refractivity contribution >= 4 is 35.1 Å². The van der Waals surface area contributed by atoms with Gasteiger partial charge in [-0.1, -0.05) is 41.4 Å². The van der Waals surface area contributed by atoms with Gasteiger partial charge in [0.25, 0.3) is 5.69 Å². The summed E-state index contributed by atoms with van der Waals surface area (Å²) in [6.07, 6.45) is 3.22. The summed E-state index contributed by atoms with van der Waals surface area (Å²) in [4.78, 5) is 22.7. The topological polar surface area (TPSA) is 82.6 Å². The quantitative estimate of drug-likeness (QED) is 0.236. The van der Waals surface area contributed by atoms with Crippen molar-refractivity contribution in [3.63, 3.8) is 0 Å². The SMILES string of the molecule is Cc1ccc(C2=C/C(=C/c3ccc(-c4ccc(Cl)c([N+](=O)[O-])c4)o3)C(=O)O2)cc1. The first-order valence-corrected chi connectivity index (χ1v) is 9.05. The van der Waals surface area contributed by atoms with Crippen LogP contribution in [0.15, 0.2) is 70.7 Å². The first-order valence-electron chi connectivity index (χ1n) is 8.67. The van der Waals surface area contributed by atoms with Crippen LogP contribution in [0.25, 0.3) is 23.2 Å². The smallest absolute Gasteiger partial charge is 0.343 e. The van der Waals surface area contributed by atoms with E-state index in [4.69, 9.17) is 20.8 Å². The summed E-state index contributed by atoms with van der Waals surface area (Å²) < 4.78 is 11.1. The summed E-state index contributed by atoms with van der Waals surface area (Å²) in [6.45, 7) is 1.98. The lowest BCUT2D eigenvalue weighted by molar-refractivity contribution is -0.384. The number of nitro groups is 1. The van der Waals surface area contributed by atoms with Crippen LogP contribution in [0.5, 0.6) is 0 Å². The Hall–Kier alpha value is -3.64. The second kappa shape index (κ2) is 7.41. The largest absolute Gasteiger partial charge is 0.457 e. The highest BCUT2D eigenvalue weighted by atomic mass is 35.5. The summed E-state index contributed by atoms with van der Waals surface area (Å²) >= 11 is 5.85. The fourth-order valence-corrected chi connectivity index (χ4v) is 3.08. The summed E-state index contributed by atoms with van der Waals surface area (Å²) in [7, 11) is 0. The summed E-state index contributed by atoms with van der Waals surface area (Å²) in [6, 6.07) is 15.4. The Morgan fingerprint density at radius 1 is 1.03 bits per heavy atom. The van der Waals surface area contributed by atoms with Gasteiger partial charge in [-0.2, -0.15) is 0 Å². The molecule has 7 heteroatoms. The second-order valence-corrected chi connectivity index (χ2v) is 6.90. The van der Waals surface area contributed by atoms with Crippen LogP contribution in [0.1, 0.15) is 16.9 Å². The zero-order valence-corrected chi connectivity index (χ0v) is 16.0. The number of esters is 1. The number of carbonyl (C=O) groups excluding carboxylic acids is 1. The molecule has 0 saturated heterocycles. The van der Waals surface area contributed by atoms with Crippen LogP contribution < -0.4 is 0 Å². The summed E-state index contributed by atoms with van der Waals surface area (Å²) in [5.41, 5.74) is 2.57. The molecule has 0 saturated carbocycles. The Labute approximate surface area is 170 Å². The maximum absolute atomic E-state index is 12.2. The average Bonchev–Trinajstić information content (AvgIpc) is 3.30. The predicted octanol–water partition coefficient (Wildman–Crippen LogP) is 5.80. The summed E-state index contributed by atoms with van der Waals surface area (Å²) in [5, 5.41) is 11.1. The minimum Gasteiger partial charge on any atom is -0.457 e. The third kappa shape index (κ3) is 3.83. The van der Waals surface area contributed by atoms with Gasteiger partial charge >= 0.3 is 5.97 Å². The zero-order valence-electron chi connectivity index (χ0n) is 15.2. The molecule has 0 fully saturated rings. The number of cyclic esters (lactones) is 1. The van der Waals surface area contributed by atoms with Gasteiger partial charge in [-0.3, -0.25) is 10.1 Å². The molecule has 1 aromatic heterocycles. The van der Waals surface area contributed by atoms with E-state index < -0.39 is 10.9 Å². The molecule has 0 radical (unpaired) electrons. The maximum Gasteiger partial charge on any atom is 0.343 e. The highest BCUT2D eigenvalue weighted by Gasteiger charge is 2.22. The molecule has 0 spiro atoms. The minimum absolute atomic E-state index is 0.0510. The number of aryl methyl sites for hydroxylation is 1. The lowest BCUT2D eigenvalue weighted by Crippen LogP contribution is -1.96. The van der Waals surface area contributed by atoms with Gasteiger partial charge in [-0.05, 0) is 43.3 Å². The van der Waals surface area contributed by atoms with Gasteiger partial charge in [-0.15, -0.1) is 0 Å². The van der Waals surface area contributed by atoms with Gasteiger partial charge in [0, 0.05) is 17.2 Å². The number of carbonyl (C=O) groups is 1. The van der Waals surface area contributed by atoms with E-state index in [1.807, 2.05) is 31.2 Å². The minimum atomic E-state index is -0.552. The van der Waals surface area contributed by atoms with E-state index in [2.05, 4.69) is 0 Å². The molecule has 0 N–H and O–H groups in total. The predicted molar refractivity (Wildman–Crippen MR) is 109 cm³/mol. The molecule has 144 valence electrons. The lowest BCUT2D eigenvalue weighted by atomic mass is 10.1. The number of hydrogen-bond donors (Lipinski definition) is 0. The van der Waals surface area contributed by atoms with E-state index in [9.17, 15) is 14.9 Å². The van der Waals surface area contributed by atoms with E-state index in [0.29, 0.717) is 28.4 Å². The van der Waals surface area contributed by atoms with Gasteiger partial charge in [-0.25, -0.2) is 4.79 Å². The van der Waals surface area contributed by atoms with Gasteiger partial charge < -0.3 is 9.15 Å². The molecule has 0 bridgehead atoms. The number of halogens is 1. The molecule has 0 unspecified atom stereocenters. The highest BCUT2D eigenvalue weighted by Crippen LogP contribution is 2.32. The van der Waals surface area contributed by atoms with E-state index >= 15 is 0 Å². The maximum atomic E-state index is 12.2.